The van der Waals surface area contributed by atoms with Crippen molar-refractivity contribution in [3.63, 3.8) is 0 Å². The maximum Gasteiger partial charge on any atom is 0.321 e. The van der Waals surface area contributed by atoms with Gasteiger partial charge in [-0.25, -0.2) is 0 Å². The summed E-state index contributed by atoms with van der Waals surface area (Å²) in [5.74, 6) is -0.736. The Morgan fingerprint density at radius 1 is 1.69 bits per heavy atom. The number of carboxylic acids is 1. The van der Waals surface area contributed by atoms with Crippen LogP contribution in [0.5, 0.6) is 0 Å². The average Bonchev–Trinajstić information content (AvgIpc) is 2.74. The first-order valence-electron chi connectivity index (χ1n) is 4.27. The standard InChI is InChI=1S/C9H11NO3/c11-9(12)8-7(1-3-10-8)6-2-4-13-5-6/h2,4-5,7-8,10H,1,3H2,(H,11,12)/t7?,8-/m0/s1. The highest BCUT2D eigenvalue weighted by Crippen LogP contribution is 2.27. The van der Waals surface area contributed by atoms with Crippen LogP contribution in [0.25, 0.3) is 0 Å². The van der Waals surface area contributed by atoms with Gasteiger partial charge in [0.1, 0.15) is 6.04 Å². The number of hydrogen-bond donors (Lipinski definition) is 2. The highest BCUT2D eigenvalue weighted by molar-refractivity contribution is 5.75. The highest BCUT2D eigenvalue weighted by atomic mass is 16.4. The normalized spacial score (nSPS) is 27.7. The van der Waals surface area contributed by atoms with Crippen LogP contribution in [0.15, 0.2) is 23.0 Å². The Hall–Kier alpha value is -1.29. The summed E-state index contributed by atoms with van der Waals surface area (Å²) in [6.07, 6.45) is 4.05. The van der Waals surface area contributed by atoms with E-state index in [0.717, 1.165) is 18.5 Å². The lowest BCUT2D eigenvalue weighted by atomic mass is 9.94. The van der Waals surface area contributed by atoms with Crippen molar-refractivity contribution in [1.82, 2.24) is 5.32 Å². The first-order valence-corrected chi connectivity index (χ1v) is 4.27. The Kier molecular flexibility index (Phi) is 2.06. The largest absolute Gasteiger partial charge is 0.480 e. The molecule has 1 fully saturated rings. The van der Waals surface area contributed by atoms with Crippen LogP contribution >= 0.6 is 0 Å². The summed E-state index contributed by atoms with van der Waals surface area (Å²) in [5, 5.41) is 11.8. The Balaban J connectivity index is 2.19. The van der Waals surface area contributed by atoms with Gasteiger partial charge in [0, 0.05) is 5.92 Å². The number of nitrogens with one attached hydrogen (secondary N) is 1. The van der Waals surface area contributed by atoms with Crippen LogP contribution in [0.3, 0.4) is 0 Å². The molecule has 0 radical (unpaired) electrons. The van der Waals surface area contributed by atoms with Gasteiger partial charge in [0.15, 0.2) is 0 Å². The van der Waals surface area contributed by atoms with Gasteiger partial charge in [-0.1, -0.05) is 0 Å². The van der Waals surface area contributed by atoms with Gasteiger partial charge in [-0.05, 0) is 24.6 Å². The third kappa shape index (κ3) is 1.45. The number of aliphatic carboxylic acids is 1. The van der Waals surface area contributed by atoms with Crippen molar-refractivity contribution < 1.29 is 14.3 Å². The van der Waals surface area contributed by atoms with Crippen LogP contribution in [0.2, 0.25) is 0 Å². The van der Waals surface area contributed by atoms with Crippen LogP contribution in [0.1, 0.15) is 17.9 Å². The number of rotatable bonds is 2. The van der Waals surface area contributed by atoms with E-state index in [1.54, 1.807) is 12.5 Å². The second kappa shape index (κ2) is 3.22. The fourth-order valence-corrected chi connectivity index (χ4v) is 1.81. The minimum Gasteiger partial charge on any atom is -0.480 e. The molecule has 0 amide bonds. The van der Waals surface area contributed by atoms with Gasteiger partial charge in [0.05, 0.1) is 12.5 Å². The summed E-state index contributed by atoms with van der Waals surface area (Å²) in [7, 11) is 0. The number of hydrogen-bond acceptors (Lipinski definition) is 3. The minimum absolute atomic E-state index is 0.0521. The Bertz CT molecular complexity index is 294. The molecule has 0 saturated carbocycles. The molecule has 2 N–H and O–H groups in total. The molecule has 0 aromatic carbocycles. The average molecular weight is 181 g/mol. The van der Waals surface area contributed by atoms with Crippen LogP contribution < -0.4 is 5.32 Å². The summed E-state index contributed by atoms with van der Waals surface area (Å²) in [5.41, 5.74) is 0.970. The minimum atomic E-state index is -0.788. The molecular weight excluding hydrogens is 170 g/mol. The molecular formula is C9H11NO3. The maximum absolute atomic E-state index is 10.8. The van der Waals surface area contributed by atoms with E-state index in [0.29, 0.717) is 0 Å². The second-order valence-corrected chi connectivity index (χ2v) is 3.22. The molecule has 1 aromatic rings. The molecule has 4 heteroatoms. The smallest absolute Gasteiger partial charge is 0.321 e. The Morgan fingerprint density at radius 2 is 2.54 bits per heavy atom. The van der Waals surface area contributed by atoms with E-state index >= 15 is 0 Å². The second-order valence-electron chi connectivity index (χ2n) is 3.22. The van der Waals surface area contributed by atoms with E-state index < -0.39 is 12.0 Å². The fraction of sp³-hybridized carbons (Fsp3) is 0.444. The molecule has 1 saturated heterocycles. The molecule has 0 aliphatic carbocycles. The molecule has 0 bridgehead atoms. The molecule has 1 aliphatic rings. The van der Waals surface area contributed by atoms with E-state index in [2.05, 4.69) is 5.32 Å². The van der Waals surface area contributed by atoms with E-state index in [1.807, 2.05) is 6.07 Å². The molecule has 4 nitrogen and oxygen atoms in total. The highest BCUT2D eigenvalue weighted by Gasteiger charge is 2.33. The van der Waals surface area contributed by atoms with E-state index in [9.17, 15) is 4.79 Å². The van der Waals surface area contributed by atoms with E-state index in [1.165, 1.54) is 0 Å². The number of carboxylic acid groups (broad SMARTS) is 1. The zero-order valence-electron chi connectivity index (χ0n) is 7.06. The van der Waals surface area contributed by atoms with E-state index in [4.69, 9.17) is 9.52 Å². The summed E-state index contributed by atoms with van der Waals surface area (Å²) in [6, 6.07) is 1.37. The number of carbonyl (C=O) groups is 1. The maximum atomic E-state index is 10.8. The summed E-state index contributed by atoms with van der Waals surface area (Å²) >= 11 is 0. The molecule has 1 aliphatic heterocycles. The topological polar surface area (TPSA) is 62.5 Å². The monoisotopic (exact) mass is 181 g/mol. The van der Waals surface area contributed by atoms with Crippen molar-refractivity contribution in [2.24, 2.45) is 0 Å². The third-order valence-electron chi connectivity index (χ3n) is 2.46. The third-order valence-corrected chi connectivity index (χ3v) is 2.46. The predicted octanol–water partition coefficient (Wildman–Crippen LogP) is 0.810. The van der Waals surface area contributed by atoms with Crippen molar-refractivity contribution in [3.05, 3.63) is 24.2 Å². The van der Waals surface area contributed by atoms with Crippen molar-refractivity contribution in [3.8, 4) is 0 Å². The van der Waals surface area contributed by atoms with E-state index in [-0.39, 0.29) is 5.92 Å². The lowest BCUT2D eigenvalue weighted by Gasteiger charge is -2.12. The summed E-state index contributed by atoms with van der Waals surface area (Å²) in [6.45, 7) is 0.757. The fourth-order valence-electron chi connectivity index (χ4n) is 1.81. The van der Waals surface area contributed by atoms with Gasteiger partial charge in [-0.15, -0.1) is 0 Å². The molecule has 2 atom stereocenters. The van der Waals surface area contributed by atoms with Crippen molar-refractivity contribution in [1.29, 1.82) is 0 Å². The van der Waals surface area contributed by atoms with Gasteiger partial charge in [-0.2, -0.15) is 0 Å². The lowest BCUT2D eigenvalue weighted by molar-refractivity contribution is -0.139. The Morgan fingerprint density at radius 3 is 3.15 bits per heavy atom. The zero-order chi connectivity index (χ0) is 9.26. The molecule has 70 valence electrons. The Labute approximate surface area is 75.6 Å². The molecule has 1 unspecified atom stereocenters. The van der Waals surface area contributed by atoms with Gasteiger partial charge in [0.25, 0.3) is 0 Å². The molecule has 2 rings (SSSR count). The first-order chi connectivity index (χ1) is 6.29. The predicted molar refractivity (Wildman–Crippen MR) is 45.5 cm³/mol. The van der Waals surface area contributed by atoms with Crippen molar-refractivity contribution in [2.45, 2.75) is 18.4 Å². The molecule has 1 aromatic heterocycles. The van der Waals surface area contributed by atoms with Crippen LogP contribution in [0, 0.1) is 0 Å². The number of furan rings is 1. The van der Waals surface area contributed by atoms with Gasteiger partial charge >= 0.3 is 5.97 Å². The van der Waals surface area contributed by atoms with Crippen LogP contribution in [-0.4, -0.2) is 23.7 Å². The van der Waals surface area contributed by atoms with Gasteiger partial charge in [-0.3, -0.25) is 4.79 Å². The first kappa shape index (κ1) is 8.31. The molecule has 2 heterocycles. The lowest BCUT2D eigenvalue weighted by Crippen LogP contribution is -2.34. The molecule has 0 spiro atoms. The SMILES string of the molecule is O=C(O)[C@H]1NCCC1c1ccoc1. The quantitative estimate of drug-likeness (QED) is 0.708. The zero-order valence-corrected chi connectivity index (χ0v) is 7.06. The van der Waals surface area contributed by atoms with Crippen molar-refractivity contribution in [2.75, 3.05) is 6.54 Å². The van der Waals surface area contributed by atoms with Crippen molar-refractivity contribution >= 4 is 5.97 Å². The van der Waals surface area contributed by atoms with Gasteiger partial charge in [0.2, 0.25) is 0 Å². The van der Waals surface area contributed by atoms with Crippen LogP contribution in [0.4, 0.5) is 0 Å². The van der Waals surface area contributed by atoms with Crippen LogP contribution in [-0.2, 0) is 4.79 Å². The molecule has 13 heavy (non-hydrogen) atoms. The summed E-state index contributed by atoms with van der Waals surface area (Å²) in [4.78, 5) is 10.8. The summed E-state index contributed by atoms with van der Waals surface area (Å²) < 4.78 is 4.93. The van der Waals surface area contributed by atoms with Gasteiger partial charge < -0.3 is 14.8 Å².